The normalized spacial score (nSPS) is 10.1. The van der Waals surface area contributed by atoms with Gasteiger partial charge in [-0.2, -0.15) is 0 Å². The van der Waals surface area contributed by atoms with Crippen LogP contribution >= 0.6 is 0 Å². The van der Waals surface area contributed by atoms with Crippen LogP contribution in [0.4, 0.5) is 0 Å². The number of methoxy groups -OCH3 is 1. The first-order chi connectivity index (χ1) is 8.60. The quantitative estimate of drug-likeness (QED) is 0.813. The molecule has 0 bridgehead atoms. The van der Waals surface area contributed by atoms with E-state index in [1.54, 1.807) is 31.2 Å². The minimum Gasteiger partial charge on any atom is -0.465 e. The van der Waals surface area contributed by atoms with Gasteiger partial charge in [0.1, 0.15) is 5.82 Å². The first kappa shape index (κ1) is 12.0. The maximum atomic E-state index is 11.3. The lowest BCUT2D eigenvalue weighted by Gasteiger charge is -2.03. The van der Waals surface area contributed by atoms with E-state index < -0.39 is 5.97 Å². The Kier molecular flexibility index (Phi) is 3.23. The van der Waals surface area contributed by atoms with Crippen LogP contribution in [0.3, 0.4) is 0 Å². The van der Waals surface area contributed by atoms with Crippen LogP contribution in [0, 0.1) is 6.92 Å². The molecular formula is C13H12N2O3. The maximum Gasteiger partial charge on any atom is 0.337 e. The Morgan fingerprint density at radius 1 is 1.28 bits per heavy atom. The van der Waals surface area contributed by atoms with Gasteiger partial charge in [0.15, 0.2) is 0 Å². The van der Waals surface area contributed by atoms with E-state index in [-0.39, 0.29) is 5.56 Å². The predicted molar refractivity (Wildman–Crippen MR) is 66.4 cm³/mol. The molecule has 0 aliphatic rings. The van der Waals surface area contributed by atoms with Crippen LogP contribution in [-0.4, -0.2) is 23.0 Å². The molecule has 0 saturated carbocycles. The van der Waals surface area contributed by atoms with Crippen LogP contribution in [0.5, 0.6) is 0 Å². The van der Waals surface area contributed by atoms with Gasteiger partial charge in [0.2, 0.25) is 0 Å². The number of aromatic nitrogens is 2. The van der Waals surface area contributed by atoms with Crippen molar-refractivity contribution in [2.24, 2.45) is 0 Å². The lowest BCUT2D eigenvalue weighted by Crippen LogP contribution is -2.08. The number of hydrogen-bond acceptors (Lipinski definition) is 4. The van der Waals surface area contributed by atoms with E-state index in [0.717, 1.165) is 5.56 Å². The number of benzene rings is 1. The number of aromatic amines is 1. The van der Waals surface area contributed by atoms with Gasteiger partial charge < -0.3 is 9.72 Å². The van der Waals surface area contributed by atoms with E-state index in [2.05, 4.69) is 14.7 Å². The van der Waals surface area contributed by atoms with Crippen molar-refractivity contribution in [3.8, 4) is 11.4 Å². The molecular weight excluding hydrogens is 232 g/mol. The number of carbonyl (C=O) groups excluding carboxylic acids is 1. The van der Waals surface area contributed by atoms with Gasteiger partial charge in [-0.1, -0.05) is 12.1 Å². The Bertz CT molecular complexity index is 629. The Balaban J connectivity index is 2.40. The summed E-state index contributed by atoms with van der Waals surface area (Å²) in [5.74, 6) is 0.0867. The molecule has 18 heavy (non-hydrogen) atoms. The van der Waals surface area contributed by atoms with Gasteiger partial charge >= 0.3 is 5.97 Å². The molecule has 1 heterocycles. The largest absolute Gasteiger partial charge is 0.465 e. The monoisotopic (exact) mass is 244 g/mol. The summed E-state index contributed by atoms with van der Waals surface area (Å²) in [5.41, 5.74) is 1.64. The molecule has 0 unspecified atom stereocenters. The summed E-state index contributed by atoms with van der Waals surface area (Å²) in [6, 6.07) is 8.10. The first-order valence-electron chi connectivity index (χ1n) is 5.37. The fourth-order valence-corrected chi connectivity index (χ4v) is 1.60. The number of carbonyl (C=O) groups is 1. The van der Waals surface area contributed by atoms with Crippen molar-refractivity contribution in [1.82, 2.24) is 9.97 Å². The maximum absolute atomic E-state index is 11.3. The molecule has 1 aromatic carbocycles. The highest BCUT2D eigenvalue weighted by Crippen LogP contribution is 2.15. The van der Waals surface area contributed by atoms with Crippen molar-refractivity contribution < 1.29 is 9.53 Å². The predicted octanol–water partition coefficient (Wildman–Crippen LogP) is 1.53. The molecule has 0 radical (unpaired) electrons. The molecule has 0 spiro atoms. The topological polar surface area (TPSA) is 72.0 Å². The molecule has 5 nitrogen and oxygen atoms in total. The molecule has 0 fully saturated rings. The highest BCUT2D eigenvalue weighted by Gasteiger charge is 2.06. The summed E-state index contributed by atoms with van der Waals surface area (Å²) in [6.45, 7) is 1.75. The number of ether oxygens (including phenoxy) is 1. The number of H-pyrrole nitrogens is 1. The number of nitrogens with one attached hydrogen (secondary N) is 1. The highest BCUT2D eigenvalue weighted by atomic mass is 16.5. The van der Waals surface area contributed by atoms with Gasteiger partial charge in [0.05, 0.1) is 12.7 Å². The summed E-state index contributed by atoms with van der Waals surface area (Å²) in [4.78, 5) is 29.5. The third-order valence-corrected chi connectivity index (χ3v) is 2.45. The minimum absolute atomic E-state index is 0.199. The fourth-order valence-electron chi connectivity index (χ4n) is 1.60. The van der Waals surface area contributed by atoms with E-state index in [4.69, 9.17) is 0 Å². The Morgan fingerprint density at radius 3 is 2.50 bits per heavy atom. The average Bonchev–Trinajstić information content (AvgIpc) is 2.37. The van der Waals surface area contributed by atoms with Gasteiger partial charge in [0, 0.05) is 17.3 Å². The molecule has 5 heteroatoms. The van der Waals surface area contributed by atoms with Gasteiger partial charge in [-0.15, -0.1) is 0 Å². The highest BCUT2D eigenvalue weighted by molar-refractivity contribution is 5.89. The summed E-state index contributed by atoms with van der Waals surface area (Å²) in [7, 11) is 1.33. The molecule has 92 valence electrons. The second kappa shape index (κ2) is 4.83. The Morgan fingerprint density at radius 2 is 1.94 bits per heavy atom. The van der Waals surface area contributed by atoms with Crippen LogP contribution in [-0.2, 0) is 4.74 Å². The van der Waals surface area contributed by atoms with Crippen molar-refractivity contribution in [3.05, 3.63) is 51.9 Å². The van der Waals surface area contributed by atoms with Crippen LogP contribution in [0.15, 0.2) is 35.1 Å². The summed E-state index contributed by atoms with van der Waals surface area (Å²) in [6.07, 6.45) is 0. The van der Waals surface area contributed by atoms with Gasteiger partial charge in [0.25, 0.3) is 5.56 Å². The SMILES string of the molecule is COC(=O)c1ccc(-c2nc(C)cc(=O)[nH]2)cc1. The van der Waals surface area contributed by atoms with Gasteiger partial charge in [-0.25, -0.2) is 9.78 Å². The molecule has 2 aromatic rings. The second-order valence-corrected chi connectivity index (χ2v) is 3.80. The molecule has 1 N–H and O–H groups in total. The molecule has 2 rings (SSSR count). The molecule has 1 aromatic heterocycles. The minimum atomic E-state index is -0.396. The first-order valence-corrected chi connectivity index (χ1v) is 5.37. The van der Waals surface area contributed by atoms with Crippen LogP contribution in [0.25, 0.3) is 11.4 Å². The fraction of sp³-hybridized carbons (Fsp3) is 0.154. The standard InChI is InChI=1S/C13H12N2O3/c1-8-7-11(16)15-12(14-8)9-3-5-10(6-4-9)13(17)18-2/h3-7H,1-2H3,(H,14,15,16). The molecule has 0 atom stereocenters. The number of nitrogens with zero attached hydrogens (tertiary/aromatic N) is 1. The number of esters is 1. The molecule has 0 saturated heterocycles. The summed E-state index contributed by atoms with van der Waals surface area (Å²) >= 11 is 0. The third kappa shape index (κ3) is 2.45. The van der Waals surface area contributed by atoms with Crippen molar-refractivity contribution in [1.29, 1.82) is 0 Å². The lowest BCUT2D eigenvalue weighted by atomic mass is 10.1. The van der Waals surface area contributed by atoms with E-state index in [0.29, 0.717) is 17.1 Å². The van der Waals surface area contributed by atoms with Crippen LogP contribution < -0.4 is 5.56 Å². The average molecular weight is 244 g/mol. The number of hydrogen-bond donors (Lipinski definition) is 1. The molecule has 0 aliphatic carbocycles. The summed E-state index contributed by atoms with van der Waals surface area (Å²) < 4.78 is 4.61. The Labute approximate surface area is 103 Å². The third-order valence-electron chi connectivity index (χ3n) is 2.45. The zero-order valence-electron chi connectivity index (χ0n) is 10.1. The van der Waals surface area contributed by atoms with E-state index >= 15 is 0 Å². The van der Waals surface area contributed by atoms with E-state index in [1.807, 2.05) is 0 Å². The second-order valence-electron chi connectivity index (χ2n) is 3.80. The van der Waals surface area contributed by atoms with Gasteiger partial charge in [-0.05, 0) is 19.1 Å². The Hall–Kier alpha value is -2.43. The smallest absolute Gasteiger partial charge is 0.337 e. The molecule has 0 aliphatic heterocycles. The number of rotatable bonds is 2. The van der Waals surface area contributed by atoms with Crippen LogP contribution in [0.1, 0.15) is 16.1 Å². The zero-order chi connectivity index (χ0) is 13.1. The lowest BCUT2D eigenvalue weighted by molar-refractivity contribution is 0.0601. The van der Waals surface area contributed by atoms with Crippen LogP contribution in [0.2, 0.25) is 0 Å². The van der Waals surface area contributed by atoms with E-state index in [9.17, 15) is 9.59 Å². The summed E-state index contributed by atoms with van der Waals surface area (Å²) in [5, 5.41) is 0. The van der Waals surface area contributed by atoms with Crippen molar-refractivity contribution in [3.63, 3.8) is 0 Å². The number of aryl methyl sites for hydroxylation is 1. The van der Waals surface area contributed by atoms with Gasteiger partial charge in [-0.3, -0.25) is 4.79 Å². The van der Waals surface area contributed by atoms with Crippen molar-refractivity contribution in [2.75, 3.05) is 7.11 Å². The van der Waals surface area contributed by atoms with Crippen molar-refractivity contribution in [2.45, 2.75) is 6.92 Å². The zero-order valence-corrected chi connectivity index (χ0v) is 10.1. The van der Waals surface area contributed by atoms with E-state index in [1.165, 1.54) is 13.2 Å². The molecule has 0 amide bonds. The van der Waals surface area contributed by atoms with Crippen molar-refractivity contribution >= 4 is 5.97 Å².